The SMILES string of the molecule is CCC(=O)Nc1ccc(NCc2cccnc2)nn1. The zero-order chi connectivity index (χ0) is 13.5. The lowest BCUT2D eigenvalue weighted by molar-refractivity contribution is -0.115. The molecule has 0 radical (unpaired) electrons. The maximum absolute atomic E-state index is 11.2. The summed E-state index contributed by atoms with van der Waals surface area (Å²) in [6.45, 7) is 2.41. The summed E-state index contributed by atoms with van der Waals surface area (Å²) < 4.78 is 0. The fourth-order valence-electron chi connectivity index (χ4n) is 1.42. The van der Waals surface area contributed by atoms with Crippen LogP contribution in [-0.4, -0.2) is 21.1 Å². The first kappa shape index (κ1) is 12.9. The Morgan fingerprint density at radius 1 is 1.21 bits per heavy atom. The quantitative estimate of drug-likeness (QED) is 0.854. The van der Waals surface area contributed by atoms with Crippen molar-refractivity contribution in [1.82, 2.24) is 15.2 Å². The molecular formula is C13H15N5O. The first-order chi connectivity index (χ1) is 9.28. The smallest absolute Gasteiger partial charge is 0.225 e. The average Bonchev–Trinajstić information content (AvgIpc) is 2.47. The van der Waals surface area contributed by atoms with Gasteiger partial charge in [-0.3, -0.25) is 9.78 Å². The molecule has 0 saturated carbocycles. The molecule has 0 saturated heterocycles. The van der Waals surface area contributed by atoms with Crippen molar-refractivity contribution in [2.24, 2.45) is 0 Å². The molecule has 0 aliphatic rings. The summed E-state index contributed by atoms with van der Waals surface area (Å²) in [6.07, 6.45) is 3.94. The van der Waals surface area contributed by atoms with E-state index in [4.69, 9.17) is 0 Å². The Kier molecular flexibility index (Phi) is 4.39. The molecule has 6 nitrogen and oxygen atoms in total. The fraction of sp³-hybridized carbons (Fsp3) is 0.231. The first-order valence-corrected chi connectivity index (χ1v) is 6.04. The third kappa shape index (κ3) is 4.02. The van der Waals surface area contributed by atoms with E-state index in [9.17, 15) is 4.79 Å². The molecule has 2 N–H and O–H groups in total. The molecule has 0 spiro atoms. The fourth-order valence-corrected chi connectivity index (χ4v) is 1.42. The number of nitrogens with one attached hydrogen (secondary N) is 2. The number of hydrogen-bond donors (Lipinski definition) is 2. The van der Waals surface area contributed by atoms with Crippen LogP contribution in [0, 0.1) is 0 Å². The molecule has 2 rings (SSSR count). The first-order valence-electron chi connectivity index (χ1n) is 6.04. The molecular weight excluding hydrogens is 242 g/mol. The van der Waals surface area contributed by atoms with E-state index in [1.807, 2.05) is 12.1 Å². The summed E-state index contributed by atoms with van der Waals surface area (Å²) in [5.41, 5.74) is 1.06. The molecule has 2 heterocycles. The number of nitrogens with zero attached hydrogens (tertiary/aromatic N) is 3. The zero-order valence-corrected chi connectivity index (χ0v) is 10.6. The van der Waals surface area contributed by atoms with Gasteiger partial charge in [0.05, 0.1) is 0 Å². The van der Waals surface area contributed by atoms with Gasteiger partial charge in [-0.2, -0.15) is 0 Å². The Labute approximate surface area is 111 Å². The molecule has 0 aliphatic heterocycles. The minimum Gasteiger partial charge on any atom is -0.364 e. The highest BCUT2D eigenvalue weighted by molar-refractivity contribution is 5.89. The van der Waals surface area contributed by atoms with Gasteiger partial charge < -0.3 is 10.6 Å². The lowest BCUT2D eigenvalue weighted by Crippen LogP contribution is -2.11. The topological polar surface area (TPSA) is 79.8 Å². The van der Waals surface area contributed by atoms with E-state index in [0.29, 0.717) is 24.6 Å². The van der Waals surface area contributed by atoms with Gasteiger partial charge in [0.15, 0.2) is 5.82 Å². The van der Waals surface area contributed by atoms with Crippen LogP contribution in [0.3, 0.4) is 0 Å². The normalized spacial score (nSPS) is 9.95. The Morgan fingerprint density at radius 3 is 2.63 bits per heavy atom. The highest BCUT2D eigenvalue weighted by Gasteiger charge is 2.01. The molecule has 0 bridgehead atoms. The molecule has 6 heteroatoms. The standard InChI is InChI=1S/C13H15N5O/c1-2-13(19)16-12-6-5-11(17-18-12)15-9-10-4-3-7-14-8-10/h3-8H,2,9H2,1H3,(H,15,17)(H,16,18,19). The van der Waals surface area contributed by atoms with Gasteiger partial charge in [0.2, 0.25) is 5.91 Å². The number of carbonyl (C=O) groups is 1. The summed E-state index contributed by atoms with van der Waals surface area (Å²) in [4.78, 5) is 15.2. The number of rotatable bonds is 5. The minimum atomic E-state index is -0.0784. The van der Waals surface area contributed by atoms with Crippen molar-refractivity contribution < 1.29 is 4.79 Å². The van der Waals surface area contributed by atoms with Gasteiger partial charge in [-0.25, -0.2) is 0 Å². The van der Waals surface area contributed by atoms with Crippen LogP contribution < -0.4 is 10.6 Å². The maximum Gasteiger partial charge on any atom is 0.225 e. The van der Waals surface area contributed by atoms with Crippen LogP contribution in [0.5, 0.6) is 0 Å². The summed E-state index contributed by atoms with van der Waals surface area (Å²) in [5.74, 6) is 1.03. The maximum atomic E-state index is 11.2. The average molecular weight is 257 g/mol. The van der Waals surface area contributed by atoms with E-state index in [2.05, 4.69) is 25.8 Å². The van der Waals surface area contributed by atoms with E-state index < -0.39 is 0 Å². The highest BCUT2D eigenvalue weighted by atomic mass is 16.1. The predicted octanol–water partition coefficient (Wildman–Crippen LogP) is 1.83. The van der Waals surface area contributed by atoms with Gasteiger partial charge in [-0.1, -0.05) is 13.0 Å². The molecule has 19 heavy (non-hydrogen) atoms. The molecule has 0 aromatic carbocycles. The number of amides is 1. The van der Waals surface area contributed by atoms with Crippen LogP contribution in [0.1, 0.15) is 18.9 Å². The zero-order valence-electron chi connectivity index (χ0n) is 10.6. The molecule has 0 atom stereocenters. The van der Waals surface area contributed by atoms with Crippen molar-refractivity contribution in [3.63, 3.8) is 0 Å². The third-order valence-electron chi connectivity index (χ3n) is 2.45. The Morgan fingerprint density at radius 2 is 2.00 bits per heavy atom. The van der Waals surface area contributed by atoms with Crippen LogP contribution >= 0.6 is 0 Å². The highest BCUT2D eigenvalue weighted by Crippen LogP contribution is 2.08. The van der Waals surface area contributed by atoms with Crippen LogP contribution in [0.4, 0.5) is 11.6 Å². The van der Waals surface area contributed by atoms with Crippen molar-refractivity contribution >= 4 is 17.5 Å². The van der Waals surface area contributed by atoms with Crippen LogP contribution in [-0.2, 0) is 11.3 Å². The lowest BCUT2D eigenvalue weighted by Gasteiger charge is -2.06. The molecule has 0 unspecified atom stereocenters. The number of aromatic nitrogens is 3. The number of carbonyl (C=O) groups excluding carboxylic acids is 1. The molecule has 2 aromatic heterocycles. The monoisotopic (exact) mass is 257 g/mol. The number of hydrogen-bond acceptors (Lipinski definition) is 5. The van der Waals surface area contributed by atoms with Gasteiger partial charge in [-0.15, -0.1) is 10.2 Å². The summed E-state index contributed by atoms with van der Waals surface area (Å²) in [6, 6.07) is 7.34. The van der Waals surface area contributed by atoms with Gasteiger partial charge in [0, 0.05) is 25.4 Å². The number of anilines is 2. The van der Waals surface area contributed by atoms with Crippen molar-refractivity contribution in [1.29, 1.82) is 0 Å². The van der Waals surface area contributed by atoms with E-state index in [1.54, 1.807) is 31.5 Å². The van der Waals surface area contributed by atoms with Gasteiger partial charge in [-0.05, 0) is 23.8 Å². The Balaban J connectivity index is 1.90. The Hall–Kier alpha value is -2.50. The summed E-state index contributed by atoms with van der Waals surface area (Å²) in [7, 11) is 0. The largest absolute Gasteiger partial charge is 0.364 e. The molecule has 0 aliphatic carbocycles. The van der Waals surface area contributed by atoms with Gasteiger partial charge in [0.25, 0.3) is 0 Å². The minimum absolute atomic E-state index is 0.0784. The van der Waals surface area contributed by atoms with Crippen LogP contribution in [0.15, 0.2) is 36.7 Å². The van der Waals surface area contributed by atoms with Gasteiger partial charge in [0.1, 0.15) is 5.82 Å². The Bertz CT molecular complexity index is 526. The number of pyridine rings is 1. The van der Waals surface area contributed by atoms with Crippen molar-refractivity contribution in [3.8, 4) is 0 Å². The van der Waals surface area contributed by atoms with E-state index in [-0.39, 0.29) is 5.91 Å². The molecule has 2 aromatic rings. The van der Waals surface area contributed by atoms with E-state index in [0.717, 1.165) is 5.56 Å². The van der Waals surface area contributed by atoms with Crippen molar-refractivity contribution in [3.05, 3.63) is 42.2 Å². The second-order valence-electron chi connectivity index (χ2n) is 3.92. The summed E-state index contributed by atoms with van der Waals surface area (Å²) in [5, 5.41) is 13.7. The molecule has 98 valence electrons. The molecule has 0 fully saturated rings. The van der Waals surface area contributed by atoms with Crippen LogP contribution in [0.2, 0.25) is 0 Å². The third-order valence-corrected chi connectivity index (χ3v) is 2.45. The van der Waals surface area contributed by atoms with E-state index in [1.165, 1.54) is 0 Å². The second-order valence-corrected chi connectivity index (χ2v) is 3.92. The predicted molar refractivity (Wildman–Crippen MR) is 72.5 cm³/mol. The van der Waals surface area contributed by atoms with Gasteiger partial charge >= 0.3 is 0 Å². The van der Waals surface area contributed by atoms with E-state index >= 15 is 0 Å². The summed E-state index contributed by atoms with van der Waals surface area (Å²) >= 11 is 0. The second kappa shape index (κ2) is 6.44. The van der Waals surface area contributed by atoms with Crippen molar-refractivity contribution in [2.75, 3.05) is 10.6 Å². The molecule has 1 amide bonds. The lowest BCUT2D eigenvalue weighted by atomic mass is 10.3. The van der Waals surface area contributed by atoms with Crippen LogP contribution in [0.25, 0.3) is 0 Å². The van der Waals surface area contributed by atoms with Crippen molar-refractivity contribution in [2.45, 2.75) is 19.9 Å².